The summed E-state index contributed by atoms with van der Waals surface area (Å²) in [7, 11) is 1.61. The Balaban J connectivity index is 1.45. The van der Waals surface area contributed by atoms with Gasteiger partial charge < -0.3 is 24.6 Å². The van der Waals surface area contributed by atoms with Crippen molar-refractivity contribution in [3.05, 3.63) is 49.3 Å². The standard InChI is InChI=1S/C20H22N8O2/c1-30-16-8-15(9-21-10-16)26-11-18(22-13-26)23-20-24-19(17-5-3-7-28(17)25-20)27-6-2-4-14(27)12-29/h3,5,7-11,13-14,29H,2,4,6,12H2,1H3,(H,23,25). The zero-order chi connectivity index (χ0) is 20.5. The summed E-state index contributed by atoms with van der Waals surface area (Å²) < 4.78 is 8.87. The van der Waals surface area contributed by atoms with Crippen molar-refractivity contribution < 1.29 is 9.84 Å². The third-order valence-corrected chi connectivity index (χ3v) is 5.29. The summed E-state index contributed by atoms with van der Waals surface area (Å²) in [6.07, 6.45) is 10.8. The van der Waals surface area contributed by atoms with Crippen LogP contribution < -0.4 is 15.0 Å². The number of rotatable bonds is 6. The van der Waals surface area contributed by atoms with E-state index >= 15 is 0 Å². The highest BCUT2D eigenvalue weighted by atomic mass is 16.5. The number of nitrogens with one attached hydrogen (secondary N) is 1. The van der Waals surface area contributed by atoms with Crippen LogP contribution in [0, 0.1) is 0 Å². The molecule has 1 fully saturated rings. The van der Waals surface area contributed by atoms with Crippen LogP contribution in [-0.2, 0) is 0 Å². The summed E-state index contributed by atoms with van der Waals surface area (Å²) in [5, 5.41) is 17.5. The number of nitrogens with zero attached hydrogens (tertiary/aromatic N) is 7. The van der Waals surface area contributed by atoms with Gasteiger partial charge in [0.1, 0.15) is 17.6 Å². The number of fused-ring (bicyclic) bond motifs is 1. The van der Waals surface area contributed by atoms with Gasteiger partial charge in [0, 0.05) is 18.8 Å². The molecule has 10 heteroatoms. The molecule has 1 aliphatic heterocycles. The fourth-order valence-electron chi connectivity index (χ4n) is 3.79. The van der Waals surface area contributed by atoms with Crippen molar-refractivity contribution in [3.8, 4) is 11.4 Å². The number of aromatic nitrogens is 6. The average molecular weight is 406 g/mol. The van der Waals surface area contributed by atoms with Crippen LogP contribution in [0.5, 0.6) is 5.75 Å². The molecule has 154 valence electrons. The van der Waals surface area contributed by atoms with Crippen molar-refractivity contribution in [2.45, 2.75) is 18.9 Å². The molecule has 0 spiro atoms. The van der Waals surface area contributed by atoms with E-state index in [9.17, 15) is 5.11 Å². The predicted molar refractivity (Wildman–Crippen MR) is 112 cm³/mol. The molecule has 5 rings (SSSR count). The SMILES string of the molecule is COc1cncc(-n2cnc(Nc3nc(N4CCCC4CO)c4cccn4n3)c2)c1. The van der Waals surface area contributed by atoms with Gasteiger partial charge in [-0.1, -0.05) is 0 Å². The predicted octanol–water partition coefficient (Wildman–Crippen LogP) is 2.02. The van der Waals surface area contributed by atoms with Crippen LogP contribution in [0.2, 0.25) is 0 Å². The summed E-state index contributed by atoms with van der Waals surface area (Å²) in [5.41, 5.74) is 1.74. The van der Waals surface area contributed by atoms with Crippen molar-refractivity contribution in [2.75, 3.05) is 30.5 Å². The first kappa shape index (κ1) is 18.4. The lowest BCUT2D eigenvalue weighted by Gasteiger charge is -2.25. The van der Waals surface area contributed by atoms with E-state index in [0.717, 1.165) is 36.4 Å². The molecule has 1 saturated heterocycles. The summed E-state index contributed by atoms with van der Waals surface area (Å²) >= 11 is 0. The molecule has 4 aromatic heterocycles. The Bertz CT molecular complexity index is 1170. The maximum absolute atomic E-state index is 9.74. The highest BCUT2D eigenvalue weighted by Crippen LogP contribution is 2.29. The first-order valence-electron chi connectivity index (χ1n) is 9.78. The van der Waals surface area contributed by atoms with Crippen LogP contribution >= 0.6 is 0 Å². The van der Waals surface area contributed by atoms with Crippen LogP contribution in [0.3, 0.4) is 0 Å². The average Bonchev–Trinajstić information content (AvgIpc) is 3.53. The molecular formula is C20H22N8O2. The molecule has 0 aromatic carbocycles. The number of aliphatic hydroxyl groups is 1. The maximum atomic E-state index is 9.74. The molecule has 30 heavy (non-hydrogen) atoms. The molecule has 0 radical (unpaired) electrons. The second-order valence-electron chi connectivity index (χ2n) is 7.14. The molecular weight excluding hydrogens is 384 g/mol. The Kier molecular flexibility index (Phi) is 4.68. The van der Waals surface area contributed by atoms with Gasteiger partial charge in [-0.15, -0.1) is 5.10 Å². The minimum absolute atomic E-state index is 0.0752. The lowest BCUT2D eigenvalue weighted by molar-refractivity contribution is 0.266. The summed E-state index contributed by atoms with van der Waals surface area (Å²) in [5.74, 6) is 2.53. The molecule has 5 heterocycles. The number of hydrogen-bond donors (Lipinski definition) is 2. The maximum Gasteiger partial charge on any atom is 0.248 e. The number of hydrogen-bond acceptors (Lipinski definition) is 8. The number of methoxy groups -OCH3 is 1. The fourth-order valence-corrected chi connectivity index (χ4v) is 3.79. The second kappa shape index (κ2) is 7.64. The molecule has 1 atom stereocenters. The first-order chi connectivity index (χ1) is 14.7. The lowest BCUT2D eigenvalue weighted by atomic mass is 10.2. The Labute approximate surface area is 172 Å². The van der Waals surface area contributed by atoms with Gasteiger partial charge in [0.25, 0.3) is 0 Å². The Morgan fingerprint density at radius 2 is 2.27 bits per heavy atom. The number of ether oxygens (including phenoxy) is 1. The molecule has 0 saturated carbocycles. The normalized spacial score (nSPS) is 16.3. The third-order valence-electron chi connectivity index (χ3n) is 5.29. The second-order valence-corrected chi connectivity index (χ2v) is 7.14. The molecule has 4 aromatic rings. The molecule has 1 aliphatic rings. The molecule has 2 N–H and O–H groups in total. The van der Waals surface area contributed by atoms with Gasteiger partial charge in [0.15, 0.2) is 11.6 Å². The fraction of sp³-hybridized carbons (Fsp3) is 0.300. The van der Waals surface area contributed by atoms with Crippen molar-refractivity contribution >= 4 is 23.1 Å². The molecule has 0 aliphatic carbocycles. The van der Waals surface area contributed by atoms with Crippen LogP contribution in [0.15, 0.2) is 49.3 Å². The van der Waals surface area contributed by atoms with Gasteiger partial charge in [-0.05, 0) is 25.0 Å². The van der Waals surface area contributed by atoms with E-state index in [2.05, 4.69) is 25.3 Å². The van der Waals surface area contributed by atoms with E-state index in [-0.39, 0.29) is 12.6 Å². The summed E-state index contributed by atoms with van der Waals surface area (Å²) in [4.78, 5) is 15.5. The van der Waals surface area contributed by atoms with Crippen molar-refractivity contribution in [3.63, 3.8) is 0 Å². The van der Waals surface area contributed by atoms with Crippen LogP contribution in [0.25, 0.3) is 11.2 Å². The number of anilines is 3. The van der Waals surface area contributed by atoms with Gasteiger partial charge in [-0.25, -0.2) is 9.50 Å². The Morgan fingerprint density at radius 3 is 3.13 bits per heavy atom. The van der Waals surface area contributed by atoms with E-state index in [1.54, 1.807) is 30.3 Å². The summed E-state index contributed by atoms with van der Waals surface area (Å²) in [6, 6.07) is 5.87. The van der Waals surface area contributed by atoms with E-state index in [1.165, 1.54) is 0 Å². The minimum atomic E-state index is 0.0752. The topological polar surface area (TPSA) is 106 Å². The highest BCUT2D eigenvalue weighted by Gasteiger charge is 2.27. The van der Waals surface area contributed by atoms with E-state index in [1.807, 2.05) is 35.2 Å². The van der Waals surface area contributed by atoms with Crippen molar-refractivity contribution in [1.29, 1.82) is 0 Å². The highest BCUT2D eigenvalue weighted by molar-refractivity contribution is 5.71. The summed E-state index contributed by atoms with van der Waals surface area (Å²) in [6.45, 7) is 0.971. The van der Waals surface area contributed by atoms with Gasteiger partial charge in [-0.2, -0.15) is 4.98 Å². The van der Waals surface area contributed by atoms with Crippen LogP contribution in [-0.4, -0.2) is 60.5 Å². The van der Waals surface area contributed by atoms with Crippen molar-refractivity contribution in [2.24, 2.45) is 0 Å². The largest absolute Gasteiger partial charge is 0.495 e. The van der Waals surface area contributed by atoms with Gasteiger partial charge in [0.2, 0.25) is 5.95 Å². The number of aliphatic hydroxyl groups excluding tert-OH is 1. The number of pyridine rings is 1. The minimum Gasteiger partial charge on any atom is -0.495 e. The number of imidazole rings is 1. The molecule has 1 unspecified atom stereocenters. The Morgan fingerprint density at radius 1 is 1.33 bits per heavy atom. The van der Waals surface area contributed by atoms with Gasteiger partial charge >= 0.3 is 0 Å². The smallest absolute Gasteiger partial charge is 0.248 e. The molecule has 0 amide bonds. The molecule has 10 nitrogen and oxygen atoms in total. The van der Waals surface area contributed by atoms with Crippen LogP contribution in [0.4, 0.5) is 17.6 Å². The van der Waals surface area contributed by atoms with E-state index in [0.29, 0.717) is 17.5 Å². The Hall–Kier alpha value is -3.66. The quantitative estimate of drug-likeness (QED) is 0.501. The third kappa shape index (κ3) is 3.30. The van der Waals surface area contributed by atoms with Gasteiger partial charge in [-0.3, -0.25) is 4.98 Å². The van der Waals surface area contributed by atoms with Crippen molar-refractivity contribution in [1.82, 2.24) is 29.1 Å². The van der Waals surface area contributed by atoms with E-state index < -0.39 is 0 Å². The monoisotopic (exact) mass is 406 g/mol. The molecule has 0 bridgehead atoms. The van der Waals surface area contributed by atoms with Crippen LogP contribution in [0.1, 0.15) is 12.8 Å². The first-order valence-corrected chi connectivity index (χ1v) is 9.78. The zero-order valence-electron chi connectivity index (χ0n) is 16.5. The van der Waals surface area contributed by atoms with E-state index in [4.69, 9.17) is 9.72 Å². The zero-order valence-corrected chi connectivity index (χ0v) is 16.5. The van der Waals surface area contributed by atoms with Gasteiger partial charge in [0.05, 0.1) is 44.0 Å². The lowest BCUT2D eigenvalue weighted by Crippen LogP contribution is -2.33.